The van der Waals surface area contributed by atoms with Crippen LogP contribution >= 0.6 is 11.6 Å². The maximum atomic E-state index is 12.4. The maximum Gasteiger partial charge on any atom is 0.368 e. The smallest absolute Gasteiger partial charge is 0.368 e. The molecular formula is C23H25ClN6O2. The van der Waals surface area contributed by atoms with Crippen LogP contribution in [0.3, 0.4) is 0 Å². The van der Waals surface area contributed by atoms with Crippen molar-refractivity contribution in [3.63, 3.8) is 0 Å². The SMILES string of the molecule is CCc1cccc(-n2nnn(C)c2=O)c1COc1ccc(-c2nn(C)c(C)c2Cl)cc1C. The lowest BCUT2D eigenvalue weighted by molar-refractivity contribution is 0.302. The molecule has 0 bridgehead atoms. The average molecular weight is 453 g/mol. The zero-order chi connectivity index (χ0) is 23.0. The van der Waals surface area contributed by atoms with Crippen LogP contribution in [0.4, 0.5) is 0 Å². The Hall–Kier alpha value is -3.39. The molecule has 0 aliphatic rings. The number of aryl methyl sites for hydroxylation is 4. The van der Waals surface area contributed by atoms with E-state index in [0.717, 1.165) is 45.8 Å². The summed E-state index contributed by atoms with van der Waals surface area (Å²) in [6.45, 7) is 6.30. The van der Waals surface area contributed by atoms with E-state index in [4.69, 9.17) is 16.3 Å². The third-order valence-corrected chi connectivity index (χ3v) is 6.11. The van der Waals surface area contributed by atoms with Crippen molar-refractivity contribution in [2.24, 2.45) is 14.1 Å². The Labute approximate surface area is 191 Å². The normalized spacial score (nSPS) is 11.2. The topological polar surface area (TPSA) is 79.8 Å². The summed E-state index contributed by atoms with van der Waals surface area (Å²) in [6, 6.07) is 11.7. The molecule has 0 amide bonds. The Kier molecular flexibility index (Phi) is 5.88. The zero-order valence-corrected chi connectivity index (χ0v) is 19.5. The van der Waals surface area contributed by atoms with Crippen molar-refractivity contribution in [2.45, 2.75) is 33.8 Å². The third kappa shape index (κ3) is 3.82. The lowest BCUT2D eigenvalue weighted by atomic mass is 10.0. The van der Waals surface area contributed by atoms with Gasteiger partial charge in [0.2, 0.25) is 0 Å². The second-order valence-corrected chi connectivity index (χ2v) is 8.08. The molecule has 0 aliphatic heterocycles. The summed E-state index contributed by atoms with van der Waals surface area (Å²) in [5.74, 6) is 0.751. The van der Waals surface area contributed by atoms with E-state index in [1.54, 1.807) is 11.7 Å². The Balaban J connectivity index is 1.65. The molecule has 4 rings (SSSR count). The molecule has 9 heteroatoms. The zero-order valence-electron chi connectivity index (χ0n) is 18.8. The van der Waals surface area contributed by atoms with Crippen molar-refractivity contribution < 1.29 is 4.74 Å². The summed E-state index contributed by atoms with van der Waals surface area (Å²) in [4.78, 5) is 12.4. The summed E-state index contributed by atoms with van der Waals surface area (Å²) in [7, 11) is 3.45. The Morgan fingerprint density at radius 1 is 1.06 bits per heavy atom. The Morgan fingerprint density at radius 2 is 1.84 bits per heavy atom. The van der Waals surface area contributed by atoms with E-state index in [0.29, 0.717) is 17.3 Å². The fourth-order valence-corrected chi connectivity index (χ4v) is 3.93. The highest BCUT2D eigenvalue weighted by atomic mass is 35.5. The lowest BCUT2D eigenvalue weighted by Crippen LogP contribution is -2.23. The number of benzene rings is 2. The number of hydrogen-bond donors (Lipinski definition) is 0. The van der Waals surface area contributed by atoms with Crippen LogP contribution in [0.5, 0.6) is 5.75 Å². The van der Waals surface area contributed by atoms with Crippen molar-refractivity contribution in [3.05, 3.63) is 74.3 Å². The van der Waals surface area contributed by atoms with Gasteiger partial charge in [-0.3, -0.25) is 4.68 Å². The third-order valence-electron chi connectivity index (χ3n) is 5.66. The summed E-state index contributed by atoms with van der Waals surface area (Å²) < 4.78 is 10.5. The molecule has 0 saturated carbocycles. The van der Waals surface area contributed by atoms with E-state index in [1.165, 1.54) is 9.36 Å². The minimum atomic E-state index is -0.303. The van der Waals surface area contributed by atoms with E-state index in [2.05, 4.69) is 22.4 Å². The molecular weight excluding hydrogens is 428 g/mol. The second-order valence-electron chi connectivity index (χ2n) is 7.71. The van der Waals surface area contributed by atoms with Gasteiger partial charge in [-0.1, -0.05) is 30.7 Å². The number of nitrogens with zero attached hydrogens (tertiary/aromatic N) is 6. The van der Waals surface area contributed by atoms with E-state index < -0.39 is 0 Å². The van der Waals surface area contributed by atoms with Crippen LogP contribution in [0.1, 0.15) is 29.3 Å². The molecule has 166 valence electrons. The minimum absolute atomic E-state index is 0.298. The summed E-state index contributed by atoms with van der Waals surface area (Å²) in [5.41, 5.74) is 5.94. The van der Waals surface area contributed by atoms with Crippen LogP contribution in [0.25, 0.3) is 16.9 Å². The fourth-order valence-electron chi connectivity index (χ4n) is 3.66. The standard InChI is InChI=1S/C23H25ClN6O2/c1-6-16-8-7-9-19(30-23(31)29(5)26-27-30)18(16)13-32-20-11-10-17(12-14(20)2)22-21(24)15(3)28(4)25-22/h7-12H,6,13H2,1-5H3. The van der Waals surface area contributed by atoms with Gasteiger partial charge in [0.05, 0.1) is 16.4 Å². The number of halogens is 1. The molecule has 2 aromatic heterocycles. The number of hydrogen-bond acceptors (Lipinski definition) is 5. The molecule has 0 saturated heterocycles. The van der Waals surface area contributed by atoms with E-state index in [1.807, 2.05) is 57.3 Å². The molecule has 0 N–H and O–H groups in total. The molecule has 0 aliphatic carbocycles. The van der Waals surface area contributed by atoms with Gasteiger partial charge in [-0.2, -0.15) is 14.5 Å². The summed E-state index contributed by atoms with van der Waals surface area (Å²) in [5, 5.41) is 13.0. The predicted molar refractivity (Wildman–Crippen MR) is 123 cm³/mol. The second kappa shape index (κ2) is 8.63. The first-order chi connectivity index (χ1) is 15.3. The van der Waals surface area contributed by atoms with Crippen molar-refractivity contribution in [1.82, 2.24) is 29.6 Å². The number of rotatable bonds is 6. The first-order valence-electron chi connectivity index (χ1n) is 10.3. The van der Waals surface area contributed by atoms with Crippen LogP contribution in [0, 0.1) is 13.8 Å². The van der Waals surface area contributed by atoms with E-state index >= 15 is 0 Å². The number of ether oxygens (including phenoxy) is 1. The van der Waals surface area contributed by atoms with Gasteiger partial charge in [0.1, 0.15) is 18.1 Å². The molecule has 0 fully saturated rings. The largest absolute Gasteiger partial charge is 0.489 e. The minimum Gasteiger partial charge on any atom is -0.489 e. The molecule has 0 atom stereocenters. The van der Waals surface area contributed by atoms with E-state index in [-0.39, 0.29) is 5.69 Å². The van der Waals surface area contributed by atoms with Crippen molar-refractivity contribution in [3.8, 4) is 22.7 Å². The Morgan fingerprint density at radius 3 is 2.44 bits per heavy atom. The monoisotopic (exact) mass is 452 g/mol. The highest BCUT2D eigenvalue weighted by Gasteiger charge is 2.16. The Bertz CT molecular complexity index is 1350. The van der Waals surface area contributed by atoms with Crippen molar-refractivity contribution in [2.75, 3.05) is 0 Å². The molecule has 2 heterocycles. The van der Waals surface area contributed by atoms with Gasteiger partial charge in [0, 0.05) is 25.2 Å². The first kappa shape index (κ1) is 21.8. The van der Waals surface area contributed by atoms with Crippen LogP contribution in [0.15, 0.2) is 41.2 Å². The molecule has 32 heavy (non-hydrogen) atoms. The highest BCUT2D eigenvalue weighted by molar-refractivity contribution is 6.33. The first-order valence-corrected chi connectivity index (χ1v) is 10.7. The number of aromatic nitrogens is 6. The molecule has 0 radical (unpaired) electrons. The van der Waals surface area contributed by atoms with Gasteiger partial charge < -0.3 is 4.74 Å². The lowest BCUT2D eigenvalue weighted by Gasteiger charge is -2.15. The van der Waals surface area contributed by atoms with Gasteiger partial charge in [-0.05, 0) is 66.1 Å². The molecule has 0 spiro atoms. The van der Waals surface area contributed by atoms with Gasteiger partial charge in [-0.25, -0.2) is 4.79 Å². The van der Waals surface area contributed by atoms with Crippen molar-refractivity contribution in [1.29, 1.82) is 0 Å². The molecule has 0 unspecified atom stereocenters. The van der Waals surface area contributed by atoms with Crippen LogP contribution < -0.4 is 10.4 Å². The fraction of sp³-hybridized carbons (Fsp3) is 0.304. The van der Waals surface area contributed by atoms with Crippen molar-refractivity contribution >= 4 is 11.6 Å². The number of tetrazole rings is 1. The van der Waals surface area contributed by atoms with Gasteiger partial charge in [0.15, 0.2) is 0 Å². The maximum absolute atomic E-state index is 12.4. The average Bonchev–Trinajstić information content (AvgIpc) is 3.25. The van der Waals surface area contributed by atoms with Crippen LogP contribution in [-0.2, 0) is 27.1 Å². The van der Waals surface area contributed by atoms with Crippen LogP contribution in [-0.4, -0.2) is 29.6 Å². The van der Waals surface area contributed by atoms with Gasteiger partial charge in [0.25, 0.3) is 0 Å². The highest BCUT2D eigenvalue weighted by Crippen LogP contribution is 2.32. The van der Waals surface area contributed by atoms with E-state index in [9.17, 15) is 4.79 Å². The quantitative estimate of drug-likeness (QED) is 0.444. The van der Waals surface area contributed by atoms with Gasteiger partial charge in [-0.15, -0.1) is 0 Å². The molecule has 8 nitrogen and oxygen atoms in total. The molecule has 4 aromatic rings. The summed E-state index contributed by atoms with van der Waals surface area (Å²) >= 11 is 6.45. The predicted octanol–water partition coefficient (Wildman–Crippen LogP) is 3.78. The van der Waals surface area contributed by atoms with Crippen LogP contribution in [0.2, 0.25) is 5.02 Å². The molecule has 2 aromatic carbocycles. The summed E-state index contributed by atoms with van der Waals surface area (Å²) in [6.07, 6.45) is 0.803. The van der Waals surface area contributed by atoms with Gasteiger partial charge >= 0.3 is 5.69 Å².